The number of hydrogen-bond acceptors (Lipinski definition) is 3. The van der Waals surface area contributed by atoms with Crippen molar-refractivity contribution >= 4 is 10.0 Å². The van der Waals surface area contributed by atoms with Gasteiger partial charge in [-0.25, -0.2) is 13.1 Å². The number of nitrogens with zero attached hydrogens (tertiary/aromatic N) is 2. The molecule has 0 aliphatic rings. The van der Waals surface area contributed by atoms with E-state index in [0.29, 0.717) is 10.8 Å². The van der Waals surface area contributed by atoms with Gasteiger partial charge in [0.1, 0.15) is 0 Å². The van der Waals surface area contributed by atoms with Crippen LogP contribution in [0.25, 0.3) is 0 Å². The molecule has 1 heterocycles. The number of aryl methyl sites for hydroxylation is 2. The zero-order valence-electron chi connectivity index (χ0n) is 14.4. The van der Waals surface area contributed by atoms with Crippen molar-refractivity contribution in [3.8, 4) is 0 Å². The first-order chi connectivity index (χ1) is 10.7. The molecule has 1 aromatic carbocycles. The first-order valence-corrected chi connectivity index (χ1v) is 9.29. The summed E-state index contributed by atoms with van der Waals surface area (Å²) in [4.78, 5) is 0.290. The molecule has 0 bridgehead atoms. The lowest BCUT2D eigenvalue weighted by Crippen LogP contribution is -2.27. The fourth-order valence-corrected chi connectivity index (χ4v) is 3.91. The van der Waals surface area contributed by atoms with E-state index >= 15 is 0 Å². The van der Waals surface area contributed by atoms with E-state index in [1.165, 1.54) is 0 Å². The largest absolute Gasteiger partial charge is 0.275 e. The molecule has 0 spiro atoms. The smallest absolute Gasteiger partial charge is 0.241 e. The van der Waals surface area contributed by atoms with Crippen LogP contribution in [0.4, 0.5) is 0 Å². The molecule has 5 nitrogen and oxygen atoms in total. The van der Waals surface area contributed by atoms with Crippen molar-refractivity contribution in [1.29, 1.82) is 0 Å². The number of sulfonamides is 1. The quantitative estimate of drug-likeness (QED) is 0.883. The Hall–Kier alpha value is -1.66. The summed E-state index contributed by atoms with van der Waals surface area (Å²) in [6.45, 7) is 7.99. The Morgan fingerprint density at radius 1 is 1.17 bits per heavy atom. The van der Waals surface area contributed by atoms with Gasteiger partial charge < -0.3 is 0 Å². The van der Waals surface area contributed by atoms with E-state index in [0.717, 1.165) is 23.2 Å². The van der Waals surface area contributed by atoms with Crippen LogP contribution in [0, 0.1) is 12.8 Å². The van der Waals surface area contributed by atoms with Gasteiger partial charge in [0.25, 0.3) is 0 Å². The Kier molecular flexibility index (Phi) is 5.26. The monoisotopic (exact) mass is 335 g/mol. The fourth-order valence-electron chi connectivity index (χ4n) is 2.68. The summed E-state index contributed by atoms with van der Waals surface area (Å²) in [5, 5.41) is 4.26. The minimum Gasteiger partial charge on any atom is -0.275 e. The zero-order chi connectivity index (χ0) is 17.2. The predicted octanol–water partition coefficient (Wildman–Crippen LogP) is 2.97. The molecule has 0 amide bonds. The normalized spacial score (nSPS) is 13.5. The molecule has 2 rings (SSSR count). The molecule has 1 unspecified atom stereocenters. The molecule has 1 aromatic heterocycles. The number of aromatic nitrogens is 2. The van der Waals surface area contributed by atoms with Crippen LogP contribution in [0.2, 0.25) is 0 Å². The fraction of sp³-hybridized carbons (Fsp3) is 0.471. The molecule has 0 aliphatic heterocycles. The Labute approximate surface area is 138 Å². The van der Waals surface area contributed by atoms with Crippen molar-refractivity contribution in [1.82, 2.24) is 14.5 Å². The second-order valence-corrected chi connectivity index (χ2v) is 8.14. The van der Waals surface area contributed by atoms with E-state index in [9.17, 15) is 8.42 Å². The zero-order valence-corrected chi connectivity index (χ0v) is 15.2. The summed E-state index contributed by atoms with van der Waals surface area (Å²) in [6.07, 6.45) is 2.79. The maximum atomic E-state index is 12.5. The van der Waals surface area contributed by atoms with Gasteiger partial charge in [0, 0.05) is 24.8 Å². The highest BCUT2D eigenvalue weighted by Crippen LogP contribution is 2.20. The number of hydrogen-bond donors (Lipinski definition) is 1. The van der Waals surface area contributed by atoms with E-state index in [2.05, 4.69) is 23.7 Å². The second-order valence-electron chi connectivity index (χ2n) is 6.43. The van der Waals surface area contributed by atoms with Crippen LogP contribution in [0.3, 0.4) is 0 Å². The van der Waals surface area contributed by atoms with Gasteiger partial charge in [-0.3, -0.25) is 4.68 Å². The average Bonchev–Trinajstić information content (AvgIpc) is 2.77. The van der Waals surface area contributed by atoms with Gasteiger partial charge >= 0.3 is 0 Å². The summed E-state index contributed by atoms with van der Waals surface area (Å²) >= 11 is 0. The molecular weight excluding hydrogens is 310 g/mol. The van der Waals surface area contributed by atoms with Crippen LogP contribution in [0.5, 0.6) is 0 Å². The third-order valence-electron chi connectivity index (χ3n) is 3.73. The highest BCUT2D eigenvalue weighted by atomic mass is 32.2. The van der Waals surface area contributed by atoms with E-state index in [4.69, 9.17) is 0 Å². The van der Waals surface area contributed by atoms with Crippen molar-refractivity contribution in [3.63, 3.8) is 0 Å². The van der Waals surface area contributed by atoms with E-state index < -0.39 is 10.0 Å². The summed E-state index contributed by atoms with van der Waals surface area (Å²) in [7, 11) is -1.72. The van der Waals surface area contributed by atoms with Crippen LogP contribution in [0.15, 0.2) is 35.4 Å². The van der Waals surface area contributed by atoms with Gasteiger partial charge in [0.05, 0.1) is 10.6 Å². The van der Waals surface area contributed by atoms with Gasteiger partial charge in [0.15, 0.2) is 0 Å². The van der Waals surface area contributed by atoms with E-state index in [1.54, 1.807) is 16.8 Å². The first kappa shape index (κ1) is 17.7. The highest BCUT2D eigenvalue weighted by Gasteiger charge is 2.20. The molecular formula is C17H25N3O2S. The van der Waals surface area contributed by atoms with Crippen LogP contribution in [-0.2, 0) is 23.5 Å². The summed E-state index contributed by atoms with van der Waals surface area (Å²) in [5.41, 5.74) is 2.86. The van der Waals surface area contributed by atoms with Crippen LogP contribution >= 0.6 is 0 Å². The van der Waals surface area contributed by atoms with E-state index in [1.807, 2.05) is 39.2 Å². The van der Waals surface area contributed by atoms with Crippen molar-refractivity contribution in [3.05, 3.63) is 47.3 Å². The van der Waals surface area contributed by atoms with Crippen LogP contribution < -0.4 is 4.72 Å². The minimum absolute atomic E-state index is 0.290. The average molecular weight is 335 g/mol. The molecule has 2 aromatic rings. The standard InChI is InChI=1S/C17H25N3O2S/c1-12(2)10-15-6-8-16(9-7-15)23(21,22)19-14(4)17-11-20(5)18-13(17)3/h6-9,11-12,14,19H,10H2,1-5H3. The van der Waals surface area contributed by atoms with Crippen molar-refractivity contribution in [2.75, 3.05) is 0 Å². The Bertz CT molecular complexity index is 762. The first-order valence-electron chi connectivity index (χ1n) is 7.80. The number of nitrogens with one attached hydrogen (secondary N) is 1. The summed E-state index contributed by atoms with van der Waals surface area (Å²) in [5.74, 6) is 0.546. The van der Waals surface area contributed by atoms with Gasteiger partial charge in [-0.1, -0.05) is 26.0 Å². The van der Waals surface area contributed by atoms with Gasteiger partial charge in [0.2, 0.25) is 10.0 Å². The predicted molar refractivity (Wildman–Crippen MR) is 91.7 cm³/mol. The number of rotatable bonds is 6. The third kappa shape index (κ3) is 4.42. The molecule has 0 saturated heterocycles. The lowest BCUT2D eigenvalue weighted by atomic mass is 10.0. The molecule has 23 heavy (non-hydrogen) atoms. The lowest BCUT2D eigenvalue weighted by Gasteiger charge is -2.14. The molecule has 6 heteroatoms. The molecule has 0 radical (unpaired) electrons. The van der Waals surface area contributed by atoms with Gasteiger partial charge in [-0.2, -0.15) is 5.10 Å². The lowest BCUT2D eigenvalue weighted by molar-refractivity contribution is 0.566. The molecule has 1 atom stereocenters. The number of benzene rings is 1. The second kappa shape index (κ2) is 6.84. The topological polar surface area (TPSA) is 64.0 Å². The molecule has 0 aliphatic carbocycles. The Morgan fingerprint density at radius 3 is 2.26 bits per heavy atom. The molecule has 126 valence electrons. The van der Waals surface area contributed by atoms with Crippen molar-refractivity contribution < 1.29 is 8.42 Å². The molecule has 1 N–H and O–H groups in total. The maximum absolute atomic E-state index is 12.5. The van der Waals surface area contributed by atoms with Crippen LogP contribution in [-0.4, -0.2) is 18.2 Å². The van der Waals surface area contributed by atoms with E-state index in [-0.39, 0.29) is 6.04 Å². The van der Waals surface area contributed by atoms with Gasteiger partial charge in [-0.05, 0) is 43.9 Å². The maximum Gasteiger partial charge on any atom is 0.241 e. The summed E-state index contributed by atoms with van der Waals surface area (Å²) in [6, 6.07) is 6.78. The highest BCUT2D eigenvalue weighted by molar-refractivity contribution is 7.89. The summed E-state index contributed by atoms with van der Waals surface area (Å²) < 4.78 is 29.5. The van der Waals surface area contributed by atoms with Crippen molar-refractivity contribution in [2.45, 2.75) is 45.1 Å². The Morgan fingerprint density at radius 2 is 1.78 bits per heavy atom. The molecule has 0 fully saturated rings. The SMILES string of the molecule is Cc1nn(C)cc1C(C)NS(=O)(=O)c1ccc(CC(C)C)cc1. The minimum atomic E-state index is -3.55. The molecule has 0 saturated carbocycles. The Balaban J connectivity index is 2.16. The third-order valence-corrected chi connectivity index (χ3v) is 5.28. The van der Waals surface area contributed by atoms with Crippen molar-refractivity contribution in [2.24, 2.45) is 13.0 Å². The van der Waals surface area contributed by atoms with Crippen LogP contribution in [0.1, 0.15) is 43.6 Å². The van der Waals surface area contributed by atoms with Gasteiger partial charge in [-0.15, -0.1) is 0 Å².